The lowest BCUT2D eigenvalue weighted by Crippen LogP contribution is -2.31. The number of nitrogens with one attached hydrogen (secondary N) is 1. The van der Waals surface area contributed by atoms with E-state index < -0.39 is 0 Å². The van der Waals surface area contributed by atoms with Crippen molar-refractivity contribution in [2.24, 2.45) is 5.92 Å². The lowest BCUT2D eigenvalue weighted by Gasteiger charge is -2.15. The molecule has 0 aromatic heterocycles. The summed E-state index contributed by atoms with van der Waals surface area (Å²) in [5.41, 5.74) is 0. The van der Waals surface area contributed by atoms with Crippen LogP contribution in [0.3, 0.4) is 0 Å². The Morgan fingerprint density at radius 3 is 2.82 bits per heavy atom. The SMILES string of the molecule is CCOCCCCNCCN1CCC(CC)C1. The fraction of sp³-hybridized carbons (Fsp3) is 1.00. The molecule has 1 N–H and O–H groups in total. The summed E-state index contributed by atoms with van der Waals surface area (Å²) in [5.74, 6) is 0.959. The standard InChI is InChI=1S/C14H30N2O/c1-3-14-7-10-16(13-14)11-9-15-8-5-6-12-17-4-2/h14-15H,3-13H2,1-2H3. The molecule has 0 aliphatic carbocycles. The monoisotopic (exact) mass is 242 g/mol. The number of hydrogen-bond donors (Lipinski definition) is 1. The Morgan fingerprint density at radius 2 is 2.12 bits per heavy atom. The van der Waals surface area contributed by atoms with Crippen molar-refractivity contribution in [3.63, 3.8) is 0 Å². The van der Waals surface area contributed by atoms with Crippen LogP contribution >= 0.6 is 0 Å². The number of likely N-dealkylation sites (tertiary alicyclic amines) is 1. The normalized spacial score (nSPS) is 21.2. The van der Waals surface area contributed by atoms with E-state index in [1.165, 1.54) is 45.3 Å². The van der Waals surface area contributed by atoms with Crippen molar-refractivity contribution in [1.82, 2.24) is 10.2 Å². The van der Waals surface area contributed by atoms with E-state index in [0.29, 0.717) is 0 Å². The molecule has 1 unspecified atom stereocenters. The molecule has 1 aliphatic heterocycles. The quantitative estimate of drug-likeness (QED) is 0.594. The second-order valence-electron chi connectivity index (χ2n) is 5.02. The summed E-state index contributed by atoms with van der Waals surface area (Å²) in [6.07, 6.45) is 5.17. The molecule has 17 heavy (non-hydrogen) atoms. The Bertz CT molecular complexity index is 176. The molecule has 0 amide bonds. The summed E-state index contributed by atoms with van der Waals surface area (Å²) in [6.45, 7) is 12.3. The molecule has 1 saturated heterocycles. The summed E-state index contributed by atoms with van der Waals surface area (Å²) in [7, 11) is 0. The third-order valence-corrected chi connectivity index (χ3v) is 3.65. The maximum absolute atomic E-state index is 5.31. The summed E-state index contributed by atoms with van der Waals surface area (Å²) in [5, 5.41) is 3.52. The van der Waals surface area contributed by atoms with Crippen molar-refractivity contribution >= 4 is 0 Å². The van der Waals surface area contributed by atoms with Gasteiger partial charge in [-0.25, -0.2) is 0 Å². The van der Waals surface area contributed by atoms with E-state index in [1.807, 2.05) is 0 Å². The van der Waals surface area contributed by atoms with E-state index in [-0.39, 0.29) is 0 Å². The molecule has 0 bridgehead atoms. The van der Waals surface area contributed by atoms with Crippen LogP contribution in [0.5, 0.6) is 0 Å². The third kappa shape index (κ3) is 7.02. The number of unbranched alkanes of at least 4 members (excludes halogenated alkanes) is 1. The van der Waals surface area contributed by atoms with Gasteiger partial charge in [-0.3, -0.25) is 0 Å². The van der Waals surface area contributed by atoms with Gasteiger partial charge in [0, 0.05) is 32.8 Å². The molecule has 0 saturated carbocycles. The smallest absolute Gasteiger partial charge is 0.0466 e. The lowest BCUT2D eigenvalue weighted by molar-refractivity contribution is 0.143. The maximum Gasteiger partial charge on any atom is 0.0466 e. The van der Waals surface area contributed by atoms with Crippen LogP contribution in [0.25, 0.3) is 0 Å². The van der Waals surface area contributed by atoms with Crippen molar-refractivity contribution in [3.8, 4) is 0 Å². The molecule has 1 rings (SSSR count). The third-order valence-electron chi connectivity index (χ3n) is 3.65. The van der Waals surface area contributed by atoms with Crippen LogP contribution in [-0.2, 0) is 4.74 Å². The minimum Gasteiger partial charge on any atom is -0.382 e. The molecule has 0 aromatic carbocycles. The number of nitrogens with zero attached hydrogens (tertiary/aromatic N) is 1. The molecule has 3 heteroatoms. The Labute approximate surface area is 107 Å². The van der Waals surface area contributed by atoms with Crippen LogP contribution in [0.1, 0.15) is 39.5 Å². The molecule has 0 radical (unpaired) electrons. The molecule has 1 aliphatic rings. The van der Waals surface area contributed by atoms with Crippen LogP contribution in [0.15, 0.2) is 0 Å². The fourth-order valence-corrected chi connectivity index (χ4v) is 2.41. The lowest BCUT2D eigenvalue weighted by atomic mass is 10.1. The van der Waals surface area contributed by atoms with Crippen molar-refractivity contribution < 1.29 is 4.74 Å². The van der Waals surface area contributed by atoms with E-state index in [2.05, 4.69) is 24.1 Å². The topological polar surface area (TPSA) is 24.5 Å². The summed E-state index contributed by atoms with van der Waals surface area (Å²) >= 11 is 0. The molecular weight excluding hydrogens is 212 g/mol. The van der Waals surface area contributed by atoms with Crippen LogP contribution in [0.2, 0.25) is 0 Å². The summed E-state index contributed by atoms with van der Waals surface area (Å²) in [4.78, 5) is 2.60. The van der Waals surface area contributed by atoms with Gasteiger partial charge in [0.25, 0.3) is 0 Å². The highest BCUT2D eigenvalue weighted by Crippen LogP contribution is 2.17. The van der Waals surface area contributed by atoms with Gasteiger partial charge in [0.2, 0.25) is 0 Å². The van der Waals surface area contributed by atoms with Gasteiger partial charge in [-0.1, -0.05) is 13.3 Å². The van der Waals surface area contributed by atoms with E-state index in [1.54, 1.807) is 0 Å². The molecule has 3 nitrogen and oxygen atoms in total. The van der Waals surface area contributed by atoms with E-state index >= 15 is 0 Å². The molecule has 0 spiro atoms. The Hall–Kier alpha value is -0.120. The molecule has 102 valence electrons. The first-order chi connectivity index (χ1) is 8.36. The second-order valence-corrected chi connectivity index (χ2v) is 5.02. The molecule has 1 fully saturated rings. The molecule has 0 aromatic rings. The van der Waals surface area contributed by atoms with Crippen molar-refractivity contribution in [1.29, 1.82) is 0 Å². The average molecular weight is 242 g/mol. The van der Waals surface area contributed by atoms with Gasteiger partial charge < -0.3 is 15.0 Å². The van der Waals surface area contributed by atoms with Gasteiger partial charge in [0.05, 0.1) is 0 Å². The fourth-order valence-electron chi connectivity index (χ4n) is 2.41. The Kier molecular flexibility index (Phi) is 8.67. The van der Waals surface area contributed by atoms with Crippen LogP contribution in [0.4, 0.5) is 0 Å². The number of hydrogen-bond acceptors (Lipinski definition) is 3. The number of ether oxygens (including phenoxy) is 1. The second kappa shape index (κ2) is 9.86. The summed E-state index contributed by atoms with van der Waals surface area (Å²) < 4.78 is 5.31. The van der Waals surface area contributed by atoms with Crippen LogP contribution < -0.4 is 5.32 Å². The van der Waals surface area contributed by atoms with Crippen molar-refractivity contribution in [2.45, 2.75) is 39.5 Å². The Balaban J connectivity index is 1.81. The zero-order chi connectivity index (χ0) is 12.3. The average Bonchev–Trinajstić information content (AvgIpc) is 2.80. The highest BCUT2D eigenvalue weighted by molar-refractivity contribution is 4.74. The first kappa shape index (κ1) is 14.9. The highest BCUT2D eigenvalue weighted by Gasteiger charge is 2.19. The predicted octanol–water partition coefficient (Wildman–Crippen LogP) is 2.12. The predicted molar refractivity (Wildman–Crippen MR) is 73.4 cm³/mol. The highest BCUT2D eigenvalue weighted by atomic mass is 16.5. The zero-order valence-corrected chi connectivity index (χ0v) is 11.7. The van der Waals surface area contributed by atoms with Crippen LogP contribution in [-0.4, -0.2) is 50.8 Å². The Morgan fingerprint density at radius 1 is 1.24 bits per heavy atom. The van der Waals surface area contributed by atoms with E-state index in [9.17, 15) is 0 Å². The minimum absolute atomic E-state index is 0.848. The minimum atomic E-state index is 0.848. The number of rotatable bonds is 10. The van der Waals surface area contributed by atoms with E-state index in [4.69, 9.17) is 4.74 Å². The maximum atomic E-state index is 5.31. The first-order valence-electron chi connectivity index (χ1n) is 7.37. The van der Waals surface area contributed by atoms with Crippen molar-refractivity contribution in [3.05, 3.63) is 0 Å². The van der Waals surface area contributed by atoms with E-state index in [0.717, 1.165) is 32.2 Å². The van der Waals surface area contributed by atoms with Gasteiger partial charge in [0.1, 0.15) is 0 Å². The van der Waals surface area contributed by atoms with Crippen molar-refractivity contribution in [2.75, 3.05) is 45.9 Å². The van der Waals surface area contributed by atoms with Crippen LogP contribution in [0, 0.1) is 5.92 Å². The van der Waals surface area contributed by atoms with Gasteiger partial charge in [-0.05, 0) is 45.2 Å². The largest absolute Gasteiger partial charge is 0.382 e. The van der Waals surface area contributed by atoms with Gasteiger partial charge in [-0.15, -0.1) is 0 Å². The van der Waals surface area contributed by atoms with Gasteiger partial charge in [-0.2, -0.15) is 0 Å². The van der Waals surface area contributed by atoms with Gasteiger partial charge in [0.15, 0.2) is 0 Å². The molecular formula is C14H30N2O. The van der Waals surface area contributed by atoms with Gasteiger partial charge >= 0.3 is 0 Å². The summed E-state index contributed by atoms with van der Waals surface area (Å²) in [6, 6.07) is 0. The first-order valence-corrected chi connectivity index (χ1v) is 7.37. The molecule has 1 heterocycles. The zero-order valence-electron chi connectivity index (χ0n) is 11.7. The molecule has 1 atom stereocenters.